The summed E-state index contributed by atoms with van der Waals surface area (Å²) < 4.78 is 1.62. The Hall–Kier alpha value is -1.36. The number of amides is 1. The minimum absolute atomic E-state index is 0.0323. The molecule has 5 heteroatoms. The highest BCUT2D eigenvalue weighted by molar-refractivity contribution is 5.92. The van der Waals surface area contributed by atoms with Crippen LogP contribution >= 0.6 is 0 Å². The first-order valence-electron chi connectivity index (χ1n) is 5.08. The average molecular weight is 210 g/mol. The van der Waals surface area contributed by atoms with Crippen LogP contribution in [0.4, 0.5) is 0 Å². The van der Waals surface area contributed by atoms with Gasteiger partial charge >= 0.3 is 0 Å². The van der Waals surface area contributed by atoms with Crippen molar-refractivity contribution in [2.45, 2.75) is 13.3 Å². The molecule has 1 aromatic heterocycles. The van der Waals surface area contributed by atoms with Gasteiger partial charge in [0.1, 0.15) is 5.69 Å². The molecule has 1 amide bonds. The SMILES string of the molecule is CCc1cc(C(=O)N(C)CCN)n(C)n1. The fraction of sp³-hybridized carbons (Fsp3) is 0.600. The third-order valence-electron chi connectivity index (χ3n) is 2.32. The van der Waals surface area contributed by atoms with E-state index in [9.17, 15) is 4.79 Å². The molecule has 0 aliphatic heterocycles. The van der Waals surface area contributed by atoms with Crippen LogP contribution in [0.15, 0.2) is 6.07 Å². The van der Waals surface area contributed by atoms with Crippen LogP contribution in [0.2, 0.25) is 0 Å². The van der Waals surface area contributed by atoms with Gasteiger partial charge in [-0.25, -0.2) is 0 Å². The van der Waals surface area contributed by atoms with Gasteiger partial charge < -0.3 is 10.6 Å². The topological polar surface area (TPSA) is 64.2 Å². The summed E-state index contributed by atoms with van der Waals surface area (Å²) in [4.78, 5) is 13.5. The number of hydrogen-bond donors (Lipinski definition) is 1. The number of rotatable bonds is 4. The number of aryl methyl sites for hydroxylation is 2. The molecule has 1 heterocycles. The van der Waals surface area contributed by atoms with Crippen molar-refractivity contribution in [2.24, 2.45) is 12.8 Å². The number of aromatic nitrogens is 2. The highest BCUT2D eigenvalue weighted by Crippen LogP contribution is 2.06. The number of carbonyl (C=O) groups excluding carboxylic acids is 1. The molecule has 0 spiro atoms. The van der Waals surface area contributed by atoms with Crippen LogP contribution in [-0.4, -0.2) is 40.7 Å². The number of carbonyl (C=O) groups is 1. The minimum Gasteiger partial charge on any atom is -0.339 e. The van der Waals surface area contributed by atoms with Crippen LogP contribution < -0.4 is 5.73 Å². The molecule has 0 bridgehead atoms. The van der Waals surface area contributed by atoms with E-state index >= 15 is 0 Å². The Bertz CT molecular complexity index is 345. The van der Waals surface area contributed by atoms with E-state index in [1.54, 1.807) is 23.7 Å². The van der Waals surface area contributed by atoms with Gasteiger partial charge in [0, 0.05) is 27.2 Å². The monoisotopic (exact) mass is 210 g/mol. The van der Waals surface area contributed by atoms with E-state index in [2.05, 4.69) is 5.10 Å². The van der Waals surface area contributed by atoms with Gasteiger partial charge in [-0.2, -0.15) is 5.10 Å². The molecule has 0 radical (unpaired) electrons. The Labute approximate surface area is 89.9 Å². The Balaban J connectivity index is 2.85. The van der Waals surface area contributed by atoms with Gasteiger partial charge in [-0.15, -0.1) is 0 Å². The lowest BCUT2D eigenvalue weighted by molar-refractivity contribution is 0.0788. The fourth-order valence-corrected chi connectivity index (χ4v) is 1.39. The second-order valence-electron chi connectivity index (χ2n) is 3.51. The first-order valence-corrected chi connectivity index (χ1v) is 5.08. The van der Waals surface area contributed by atoms with Gasteiger partial charge in [0.2, 0.25) is 0 Å². The predicted octanol–water partition coefficient (Wildman–Crippen LogP) is 0.0132. The zero-order valence-electron chi connectivity index (χ0n) is 9.53. The maximum absolute atomic E-state index is 11.9. The third kappa shape index (κ3) is 2.56. The highest BCUT2D eigenvalue weighted by atomic mass is 16.2. The maximum Gasteiger partial charge on any atom is 0.271 e. The second kappa shape index (κ2) is 4.93. The van der Waals surface area contributed by atoms with E-state index in [-0.39, 0.29) is 5.91 Å². The Morgan fingerprint density at radius 1 is 1.67 bits per heavy atom. The summed E-state index contributed by atoms with van der Waals surface area (Å²) in [6, 6.07) is 1.83. The van der Waals surface area contributed by atoms with Crippen LogP contribution in [0.5, 0.6) is 0 Å². The number of nitrogens with two attached hydrogens (primary N) is 1. The zero-order chi connectivity index (χ0) is 11.4. The molecule has 84 valence electrons. The van der Waals surface area contributed by atoms with E-state index in [0.717, 1.165) is 12.1 Å². The predicted molar refractivity (Wildman–Crippen MR) is 58.6 cm³/mol. The maximum atomic E-state index is 11.9. The average Bonchev–Trinajstić information content (AvgIpc) is 2.59. The Morgan fingerprint density at radius 3 is 2.80 bits per heavy atom. The van der Waals surface area contributed by atoms with E-state index in [0.29, 0.717) is 18.8 Å². The van der Waals surface area contributed by atoms with E-state index in [4.69, 9.17) is 5.73 Å². The smallest absolute Gasteiger partial charge is 0.271 e. The van der Waals surface area contributed by atoms with Gasteiger partial charge in [0.15, 0.2) is 0 Å². The van der Waals surface area contributed by atoms with Gasteiger partial charge in [0.25, 0.3) is 5.91 Å². The first kappa shape index (κ1) is 11.7. The van der Waals surface area contributed by atoms with Crippen LogP contribution in [0, 0.1) is 0 Å². The second-order valence-corrected chi connectivity index (χ2v) is 3.51. The van der Waals surface area contributed by atoms with Crippen molar-refractivity contribution in [2.75, 3.05) is 20.1 Å². The molecular weight excluding hydrogens is 192 g/mol. The highest BCUT2D eigenvalue weighted by Gasteiger charge is 2.15. The third-order valence-corrected chi connectivity index (χ3v) is 2.32. The lowest BCUT2D eigenvalue weighted by Gasteiger charge is -2.15. The number of hydrogen-bond acceptors (Lipinski definition) is 3. The summed E-state index contributed by atoms with van der Waals surface area (Å²) in [5.74, 6) is -0.0323. The summed E-state index contributed by atoms with van der Waals surface area (Å²) in [6.07, 6.45) is 0.835. The lowest BCUT2D eigenvalue weighted by Crippen LogP contribution is -2.32. The molecule has 0 fully saturated rings. The summed E-state index contributed by atoms with van der Waals surface area (Å²) in [6.45, 7) is 3.05. The molecule has 2 N–H and O–H groups in total. The molecule has 0 unspecified atom stereocenters. The molecule has 0 aliphatic rings. The standard InChI is InChI=1S/C10H18N4O/c1-4-8-7-9(14(3)12-8)10(15)13(2)6-5-11/h7H,4-6,11H2,1-3H3. The normalized spacial score (nSPS) is 10.4. The van der Waals surface area contributed by atoms with Crippen molar-refractivity contribution in [3.8, 4) is 0 Å². The summed E-state index contributed by atoms with van der Waals surface area (Å²) in [5.41, 5.74) is 6.94. The fourth-order valence-electron chi connectivity index (χ4n) is 1.39. The van der Waals surface area contributed by atoms with Gasteiger partial charge in [-0.3, -0.25) is 9.48 Å². The molecular formula is C10H18N4O. The number of likely N-dealkylation sites (N-methyl/N-ethyl adjacent to an activating group) is 1. The van der Waals surface area contributed by atoms with Crippen molar-refractivity contribution < 1.29 is 4.79 Å². The molecule has 1 aromatic rings. The largest absolute Gasteiger partial charge is 0.339 e. The molecule has 15 heavy (non-hydrogen) atoms. The van der Waals surface area contributed by atoms with Crippen LogP contribution in [0.1, 0.15) is 23.1 Å². The van der Waals surface area contributed by atoms with Crippen molar-refractivity contribution in [1.82, 2.24) is 14.7 Å². The molecule has 1 rings (SSSR count). The lowest BCUT2D eigenvalue weighted by atomic mass is 10.3. The van der Waals surface area contributed by atoms with Gasteiger partial charge in [-0.05, 0) is 12.5 Å². The van der Waals surface area contributed by atoms with Crippen LogP contribution in [0.3, 0.4) is 0 Å². The van der Waals surface area contributed by atoms with Crippen molar-refractivity contribution >= 4 is 5.91 Å². The summed E-state index contributed by atoms with van der Waals surface area (Å²) in [5, 5.41) is 4.23. The van der Waals surface area contributed by atoms with Crippen LogP contribution in [-0.2, 0) is 13.5 Å². The Kier molecular flexibility index (Phi) is 3.85. The molecule has 0 atom stereocenters. The minimum atomic E-state index is -0.0323. The van der Waals surface area contributed by atoms with Gasteiger partial charge in [-0.1, -0.05) is 6.92 Å². The van der Waals surface area contributed by atoms with E-state index in [1.165, 1.54) is 0 Å². The molecule has 0 aromatic carbocycles. The molecule has 0 saturated carbocycles. The Morgan fingerprint density at radius 2 is 2.33 bits per heavy atom. The molecule has 0 saturated heterocycles. The quantitative estimate of drug-likeness (QED) is 0.761. The summed E-state index contributed by atoms with van der Waals surface area (Å²) >= 11 is 0. The van der Waals surface area contributed by atoms with Gasteiger partial charge in [0.05, 0.1) is 5.69 Å². The number of nitrogens with zero attached hydrogens (tertiary/aromatic N) is 3. The van der Waals surface area contributed by atoms with E-state index < -0.39 is 0 Å². The van der Waals surface area contributed by atoms with Crippen LogP contribution in [0.25, 0.3) is 0 Å². The summed E-state index contributed by atoms with van der Waals surface area (Å²) in [7, 11) is 3.52. The molecule has 0 aliphatic carbocycles. The first-order chi connectivity index (χ1) is 7.10. The van der Waals surface area contributed by atoms with Crippen molar-refractivity contribution in [3.05, 3.63) is 17.5 Å². The van der Waals surface area contributed by atoms with Crippen molar-refractivity contribution in [3.63, 3.8) is 0 Å². The van der Waals surface area contributed by atoms with E-state index in [1.807, 2.05) is 13.0 Å². The molecule has 5 nitrogen and oxygen atoms in total. The van der Waals surface area contributed by atoms with Crippen molar-refractivity contribution in [1.29, 1.82) is 0 Å². The zero-order valence-corrected chi connectivity index (χ0v) is 9.53.